The van der Waals surface area contributed by atoms with Gasteiger partial charge in [-0.3, -0.25) is 10.1 Å². The smallest absolute Gasteiger partial charge is 0.220 e. The van der Waals surface area contributed by atoms with Crippen LogP contribution < -0.4 is 10.1 Å². The molecule has 0 bridgehead atoms. The standard InChI is InChI=1S/C17H28N2O2/c1-4-5-6-12-21-17-9-7-8-16(13-17)10-11-18-14-19(3)15(2)20/h7-9,13,18H,4-6,10-12,14H2,1-3H3. The zero-order valence-electron chi connectivity index (χ0n) is 13.5. The molecule has 118 valence electrons. The highest BCUT2D eigenvalue weighted by Crippen LogP contribution is 2.14. The zero-order chi connectivity index (χ0) is 15.5. The Morgan fingerprint density at radius 1 is 1.33 bits per heavy atom. The fourth-order valence-electron chi connectivity index (χ4n) is 1.92. The van der Waals surface area contributed by atoms with Gasteiger partial charge in [0.25, 0.3) is 0 Å². The van der Waals surface area contributed by atoms with Gasteiger partial charge in [-0.1, -0.05) is 31.9 Å². The first kappa shape index (κ1) is 17.5. The van der Waals surface area contributed by atoms with Crippen molar-refractivity contribution in [1.29, 1.82) is 0 Å². The molecule has 4 heteroatoms. The van der Waals surface area contributed by atoms with Crippen molar-refractivity contribution in [2.75, 3.05) is 26.9 Å². The van der Waals surface area contributed by atoms with Crippen LogP contribution in [0.15, 0.2) is 24.3 Å². The third-order valence-corrected chi connectivity index (χ3v) is 3.39. The molecule has 0 radical (unpaired) electrons. The number of hydrogen-bond donors (Lipinski definition) is 1. The number of carbonyl (C=O) groups is 1. The van der Waals surface area contributed by atoms with Crippen molar-refractivity contribution in [3.8, 4) is 5.75 Å². The lowest BCUT2D eigenvalue weighted by atomic mass is 10.1. The SMILES string of the molecule is CCCCCOc1cccc(CCNCN(C)C(C)=O)c1. The van der Waals surface area contributed by atoms with Crippen LogP contribution >= 0.6 is 0 Å². The molecule has 0 aliphatic rings. The molecule has 0 aliphatic carbocycles. The number of hydrogen-bond acceptors (Lipinski definition) is 3. The van der Waals surface area contributed by atoms with Crippen LogP contribution in [-0.2, 0) is 11.2 Å². The van der Waals surface area contributed by atoms with Crippen LogP contribution in [0.1, 0.15) is 38.7 Å². The molecule has 0 aromatic heterocycles. The Morgan fingerprint density at radius 3 is 2.86 bits per heavy atom. The Hall–Kier alpha value is -1.55. The average Bonchev–Trinajstić information content (AvgIpc) is 2.48. The van der Waals surface area contributed by atoms with Crippen molar-refractivity contribution in [3.05, 3.63) is 29.8 Å². The number of unbranched alkanes of at least 4 members (excludes halogenated alkanes) is 2. The van der Waals surface area contributed by atoms with Crippen molar-refractivity contribution in [1.82, 2.24) is 10.2 Å². The maximum atomic E-state index is 11.1. The molecule has 0 heterocycles. The predicted octanol–water partition coefficient (Wildman–Crippen LogP) is 2.82. The van der Waals surface area contributed by atoms with Gasteiger partial charge < -0.3 is 9.64 Å². The van der Waals surface area contributed by atoms with Gasteiger partial charge >= 0.3 is 0 Å². The Labute approximate surface area is 128 Å². The minimum absolute atomic E-state index is 0.0741. The Balaban J connectivity index is 2.27. The Kier molecular flexibility index (Phi) is 8.51. The number of amides is 1. The lowest BCUT2D eigenvalue weighted by Gasteiger charge is -2.15. The van der Waals surface area contributed by atoms with Gasteiger partial charge in [0.2, 0.25) is 5.91 Å². The highest BCUT2D eigenvalue weighted by Gasteiger charge is 2.01. The molecule has 0 saturated heterocycles. The highest BCUT2D eigenvalue weighted by molar-refractivity contribution is 5.72. The molecule has 0 aliphatic heterocycles. The van der Waals surface area contributed by atoms with E-state index in [1.54, 1.807) is 18.9 Å². The van der Waals surface area contributed by atoms with E-state index in [1.807, 2.05) is 12.1 Å². The summed E-state index contributed by atoms with van der Waals surface area (Å²) in [5.41, 5.74) is 1.25. The van der Waals surface area contributed by atoms with E-state index in [9.17, 15) is 4.79 Å². The number of benzene rings is 1. The van der Waals surface area contributed by atoms with E-state index in [0.717, 1.165) is 31.7 Å². The molecule has 4 nitrogen and oxygen atoms in total. The summed E-state index contributed by atoms with van der Waals surface area (Å²) >= 11 is 0. The fraction of sp³-hybridized carbons (Fsp3) is 0.588. The third-order valence-electron chi connectivity index (χ3n) is 3.39. The first-order chi connectivity index (χ1) is 10.1. The summed E-state index contributed by atoms with van der Waals surface area (Å²) in [7, 11) is 1.79. The van der Waals surface area contributed by atoms with Crippen LogP contribution in [0.5, 0.6) is 5.75 Å². The van der Waals surface area contributed by atoms with Gasteiger partial charge in [0.05, 0.1) is 13.3 Å². The van der Waals surface area contributed by atoms with Crippen LogP contribution in [0, 0.1) is 0 Å². The fourth-order valence-corrected chi connectivity index (χ4v) is 1.92. The molecule has 1 amide bonds. The van der Waals surface area contributed by atoms with E-state index in [4.69, 9.17) is 4.74 Å². The summed E-state index contributed by atoms with van der Waals surface area (Å²) in [5.74, 6) is 1.02. The number of carbonyl (C=O) groups excluding carboxylic acids is 1. The van der Waals surface area contributed by atoms with Crippen molar-refractivity contribution in [3.63, 3.8) is 0 Å². The van der Waals surface area contributed by atoms with Crippen molar-refractivity contribution in [2.45, 2.75) is 39.5 Å². The van der Waals surface area contributed by atoms with E-state index in [1.165, 1.54) is 18.4 Å². The molecular formula is C17H28N2O2. The van der Waals surface area contributed by atoms with E-state index in [-0.39, 0.29) is 5.91 Å². The van der Waals surface area contributed by atoms with Crippen LogP contribution in [0.3, 0.4) is 0 Å². The van der Waals surface area contributed by atoms with Crippen LogP contribution in [0.4, 0.5) is 0 Å². The predicted molar refractivity (Wildman–Crippen MR) is 86.5 cm³/mol. The highest BCUT2D eigenvalue weighted by atomic mass is 16.5. The minimum atomic E-state index is 0.0741. The molecule has 21 heavy (non-hydrogen) atoms. The van der Waals surface area contributed by atoms with Gasteiger partial charge in [-0.2, -0.15) is 0 Å². The first-order valence-corrected chi connectivity index (χ1v) is 7.77. The number of nitrogens with one attached hydrogen (secondary N) is 1. The number of ether oxygens (including phenoxy) is 1. The largest absolute Gasteiger partial charge is 0.494 e. The van der Waals surface area contributed by atoms with E-state index in [2.05, 4.69) is 24.4 Å². The number of nitrogens with zero attached hydrogens (tertiary/aromatic N) is 1. The van der Waals surface area contributed by atoms with Crippen LogP contribution in [0.25, 0.3) is 0 Å². The molecule has 0 atom stereocenters. The second-order valence-electron chi connectivity index (χ2n) is 5.33. The molecule has 0 unspecified atom stereocenters. The molecular weight excluding hydrogens is 264 g/mol. The molecule has 0 spiro atoms. The minimum Gasteiger partial charge on any atom is -0.494 e. The summed E-state index contributed by atoms with van der Waals surface area (Å²) in [6.45, 7) is 5.98. The molecule has 1 N–H and O–H groups in total. The lowest BCUT2D eigenvalue weighted by molar-refractivity contribution is -0.127. The van der Waals surface area contributed by atoms with Crippen molar-refractivity contribution in [2.24, 2.45) is 0 Å². The maximum absolute atomic E-state index is 11.1. The van der Waals surface area contributed by atoms with Crippen molar-refractivity contribution >= 4 is 5.91 Å². The van der Waals surface area contributed by atoms with Gasteiger partial charge in [0, 0.05) is 20.5 Å². The van der Waals surface area contributed by atoms with Crippen LogP contribution in [-0.4, -0.2) is 37.7 Å². The van der Waals surface area contributed by atoms with Gasteiger partial charge in [0.1, 0.15) is 5.75 Å². The molecule has 0 fully saturated rings. The average molecular weight is 292 g/mol. The van der Waals surface area contributed by atoms with E-state index in [0.29, 0.717) is 6.67 Å². The zero-order valence-corrected chi connectivity index (χ0v) is 13.5. The summed E-state index contributed by atoms with van der Waals surface area (Å²) < 4.78 is 5.75. The maximum Gasteiger partial charge on any atom is 0.220 e. The second kappa shape index (κ2) is 10.2. The third kappa shape index (κ3) is 7.71. The van der Waals surface area contributed by atoms with E-state index < -0.39 is 0 Å². The van der Waals surface area contributed by atoms with Gasteiger partial charge in [0.15, 0.2) is 0 Å². The molecule has 1 aromatic rings. The van der Waals surface area contributed by atoms with Crippen LogP contribution in [0.2, 0.25) is 0 Å². The number of rotatable bonds is 10. The topological polar surface area (TPSA) is 41.6 Å². The normalized spacial score (nSPS) is 10.4. The summed E-state index contributed by atoms with van der Waals surface area (Å²) in [5, 5.41) is 3.26. The lowest BCUT2D eigenvalue weighted by Crippen LogP contribution is -2.35. The Bertz CT molecular complexity index is 421. The summed E-state index contributed by atoms with van der Waals surface area (Å²) in [4.78, 5) is 12.7. The van der Waals surface area contributed by atoms with Gasteiger partial charge in [-0.15, -0.1) is 0 Å². The molecule has 1 rings (SSSR count). The van der Waals surface area contributed by atoms with Crippen molar-refractivity contribution < 1.29 is 9.53 Å². The van der Waals surface area contributed by atoms with Gasteiger partial charge in [-0.05, 0) is 30.5 Å². The first-order valence-electron chi connectivity index (χ1n) is 7.77. The second-order valence-corrected chi connectivity index (χ2v) is 5.33. The summed E-state index contributed by atoms with van der Waals surface area (Å²) in [6.07, 6.45) is 4.47. The monoisotopic (exact) mass is 292 g/mol. The van der Waals surface area contributed by atoms with E-state index >= 15 is 0 Å². The van der Waals surface area contributed by atoms with Gasteiger partial charge in [-0.25, -0.2) is 0 Å². The Morgan fingerprint density at radius 2 is 2.14 bits per heavy atom. The summed E-state index contributed by atoms with van der Waals surface area (Å²) in [6, 6.07) is 8.25. The molecule has 1 aromatic carbocycles. The molecule has 0 saturated carbocycles. The quantitative estimate of drug-likeness (QED) is 0.532.